The lowest BCUT2D eigenvalue weighted by atomic mass is 9.83. The van der Waals surface area contributed by atoms with Crippen molar-refractivity contribution >= 4 is 28.4 Å². The second kappa shape index (κ2) is 9.66. The Labute approximate surface area is 207 Å². The lowest BCUT2D eigenvalue weighted by molar-refractivity contribution is -0.127. The molecule has 0 spiro atoms. The molecular formula is C24H28F2N8O2. The number of likely N-dealkylation sites (tertiary alicyclic amines) is 1. The van der Waals surface area contributed by atoms with E-state index in [0.717, 1.165) is 11.1 Å². The summed E-state index contributed by atoms with van der Waals surface area (Å²) >= 11 is 0. The van der Waals surface area contributed by atoms with Crippen molar-refractivity contribution in [2.24, 2.45) is 0 Å². The number of aromatic nitrogens is 4. The first-order valence-electron chi connectivity index (χ1n) is 11.5. The summed E-state index contributed by atoms with van der Waals surface area (Å²) in [4.78, 5) is 25.8. The van der Waals surface area contributed by atoms with Gasteiger partial charge >= 0.3 is 0 Å². The third-order valence-electron chi connectivity index (χ3n) is 6.97. The highest BCUT2D eigenvalue weighted by molar-refractivity contribution is 5.88. The molecule has 1 fully saturated rings. The molecule has 0 saturated carbocycles. The predicted molar refractivity (Wildman–Crippen MR) is 130 cm³/mol. The summed E-state index contributed by atoms with van der Waals surface area (Å²) in [7, 11) is 3.15. The number of carbonyl (C=O) groups excluding carboxylic acids is 1. The molecule has 2 aromatic heterocycles. The van der Waals surface area contributed by atoms with Gasteiger partial charge in [-0.25, -0.2) is 28.3 Å². The highest BCUT2D eigenvalue weighted by Gasteiger charge is 2.38. The van der Waals surface area contributed by atoms with Crippen molar-refractivity contribution in [1.29, 1.82) is 0 Å². The van der Waals surface area contributed by atoms with Crippen LogP contribution in [-0.4, -0.2) is 63.8 Å². The molecule has 1 aliphatic heterocycles. The minimum Gasteiger partial charge on any atom is -0.496 e. The van der Waals surface area contributed by atoms with Crippen molar-refractivity contribution in [2.45, 2.75) is 45.2 Å². The topological polar surface area (TPSA) is 116 Å². The van der Waals surface area contributed by atoms with Crippen LogP contribution in [0.4, 0.5) is 20.3 Å². The smallest absolute Gasteiger partial charge is 0.282 e. The zero-order valence-electron chi connectivity index (χ0n) is 20.7. The minimum absolute atomic E-state index is 0.00822. The largest absolute Gasteiger partial charge is 0.496 e. The summed E-state index contributed by atoms with van der Waals surface area (Å²) in [5, 5.41) is 6.82. The van der Waals surface area contributed by atoms with Gasteiger partial charge < -0.3 is 15.8 Å². The molecule has 1 saturated heterocycles. The SMILES string of the molecule is [C-]#[N+]c1cc(C(C)n2nc(C(F)F)c3c(N)ncnc32)c(OC)c(C2CN([C@@H](C)C(=O)NC)C2)c1C. The monoisotopic (exact) mass is 498 g/mol. The number of likely N-dealkylation sites (N-methyl/N-ethyl adjacent to an activating group) is 1. The Hall–Kier alpha value is -3.85. The van der Waals surface area contributed by atoms with Crippen LogP contribution < -0.4 is 15.8 Å². The highest BCUT2D eigenvalue weighted by atomic mass is 19.3. The van der Waals surface area contributed by atoms with Crippen molar-refractivity contribution in [1.82, 2.24) is 30.0 Å². The van der Waals surface area contributed by atoms with Crippen LogP contribution in [0.15, 0.2) is 12.4 Å². The molecule has 3 aromatic rings. The summed E-state index contributed by atoms with van der Waals surface area (Å²) in [6.45, 7) is 14.5. The van der Waals surface area contributed by atoms with Crippen LogP contribution >= 0.6 is 0 Å². The number of carbonyl (C=O) groups is 1. The molecule has 2 atom stereocenters. The zero-order valence-corrected chi connectivity index (χ0v) is 20.7. The van der Waals surface area contributed by atoms with Crippen LogP contribution in [0.5, 0.6) is 5.75 Å². The normalized spacial score (nSPS) is 16.0. The molecule has 4 rings (SSSR count). The van der Waals surface area contributed by atoms with E-state index in [9.17, 15) is 13.6 Å². The molecular weight excluding hydrogens is 470 g/mol. The molecule has 36 heavy (non-hydrogen) atoms. The summed E-state index contributed by atoms with van der Waals surface area (Å²) in [5.74, 6) is 0.451. The van der Waals surface area contributed by atoms with Crippen LogP contribution in [0.25, 0.3) is 15.9 Å². The maximum Gasteiger partial charge on any atom is 0.282 e. The van der Waals surface area contributed by atoms with E-state index in [1.54, 1.807) is 27.1 Å². The Balaban J connectivity index is 1.82. The molecule has 1 unspecified atom stereocenters. The first-order valence-corrected chi connectivity index (χ1v) is 11.5. The third-order valence-corrected chi connectivity index (χ3v) is 6.97. The quantitative estimate of drug-likeness (QED) is 0.480. The van der Waals surface area contributed by atoms with Gasteiger partial charge in [0.25, 0.3) is 6.43 Å². The average molecular weight is 499 g/mol. The first kappa shape index (κ1) is 25.2. The standard InChI is InChI=1S/C24H28F2N8O2/c1-11-16(28-4)7-15(20(36-6)17(11)14-8-33(9-14)13(3)24(35)29-5)12(2)34-23-18(19(32-34)21(25)26)22(27)30-10-31-23/h7,10,12-14,21H,8-9H2,1-3,5-6H3,(H,29,35)(H2,27,30,31)/t12?,13-/m0/s1. The number of amides is 1. The number of benzene rings is 1. The number of alkyl halides is 2. The Morgan fingerprint density at radius 2 is 2.03 bits per heavy atom. The Morgan fingerprint density at radius 3 is 2.61 bits per heavy atom. The Morgan fingerprint density at radius 1 is 1.33 bits per heavy atom. The number of nitrogens with zero attached hydrogens (tertiary/aromatic N) is 6. The lowest BCUT2D eigenvalue weighted by Gasteiger charge is -2.44. The van der Waals surface area contributed by atoms with Gasteiger partial charge in [0.1, 0.15) is 23.6 Å². The molecule has 0 bridgehead atoms. The number of nitrogen functional groups attached to an aromatic ring is 1. The lowest BCUT2D eigenvalue weighted by Crippen LogP contribution is -2.54. The highest BCUT2D eigenvalue weighted by Crippen LogP contribution is 2.45. The van der Waals surface area contributed by atoms with E-state index in [-0.39, 0.29) is 34.7 Å². The van der Waals surface area contributed by atoms with Crippen molar-refractivity contribution < 1.29 is 18.3 Å². The Bertz CT molecular complexity index is 1360. The van der Waals surface area contributed by atoms with Gasteiger partial charge in [-0.15, -0.1) is 0 Å². The molecule has 10 nitrogen and oxygen atoms in total. The van der Waals surface area contributed by atoms with E-state index in [2.05, 4.69) is 25.2 Å². The van der Waals surface area contributed by atoms with E-state index < -0.39 is 18.2 Å². The number of nitrogens with two attached hydrogens (primary N) is 1. The van der Waals surface area contributed by atoms with Crippen LogP contribution in [0, 0.1) is 13.5 Å². The van der Waals surface area contributed by atoms with Crippen LogP contribution in [0.1, 0.15) is 54.6 Å². The molecule has 0 radical (unpaired) electrons. The molecule has 0 aliphatic carbocycles. The number of hydrogen-bond acceptors (Lipinski definition) is 7. The van der Waals surface area contributed by atoms with E-state index in [1.165, 1.54) is 11.0 Å². The van der Waals surface area contributed by atoms with Gasteiger partial charge in [0, 0.05) is 31.6 Å². The fraction of sp³-hybridized carbons (Fsp3) is 0.458. The van der Waals surface area contributed by atoms with Crippen molar-refractivity contribution in [2.75, 3.05) is 33.0 Å². The number of halogens is 2. The van der Waals surface area contributed by atoms with Crippen LogP contribution in [0.2, 0.25) is 0 Å². The maximum atomic E-state index is 13.8. The van der Waals surface area contributed by atoms with Gasteiger partial charge in [-0.1, -0.05) is 0 Å². The van der Waals surface area contributed by atoms with Crippen LogP contribution in [0.3, 0.4) is 0 Å². The summed E-state index contributed by atoms with van der Waals surface area (Å²) in [5.41, 5.74) is 8.28. The second-order valence-electron chi connectivity index (χ2n) is 8.87. The molecule has 12 heteroatoms. The fourth-order valence-corrected chi connectivity index (χ4v) is 4.89. The number of nitrogens with one attached hydrogen (secondary N) is 1. The van der Waals surface area contributed by atoms with E-state index >= 15 is 0 Å². The number of methoxy groups -OCH3 is 1. The van der Waals surface area contributed by atoms with Crippen molar-refractivity contribution in [3.8, 4) is 5.75 Å². The molecule has 1 aliphatic rings. The molecule has 190 valence electrons. The molecule has 3 heterocycles. The predicted octanol–water partition coefficient (Wildman–Crippen LogP) is 3.36. The van der Waals surface area contributed by atoms with Gasteiger partial charge in [-0.2, -0.15) is 5.10 Å². The van der Waals surface area contributed by atoms with Crippen molar-refractivity contribution in [3.63, 3.8) is 0 Å². The summed E-state index contributed by atoms with van der Waals surface area (Å²) in [6, 6.07) is 0.817. The number of anilines is 1. The van der Waals surface area contributed by atoms with Gasteiger partial charge in [0.2, 0.25) is 5.91 Å². The van der Waals surface area contributed by atoms with Crippen molar-refractivity contribution in [3.05, 3.63) is 46.2 Å². The first-order chi connectivity index (χ1) is 17.1. The minimum atomic E-state index is -2.87. The number of fused-ring (bicyclic) bond motifs is 1. The number of rotatable bonds is 7. The Kier molecular flexibility index (Phi) is 6.77. The van der Waals surface area contributed by atoms with Gasteiger partial charge in [-0.05, 0) is 38.0 Å². The third kappa shape index (κ3) is 3.99. The van der Waals surface area contributed by atoms with E-state index in [1.807, 2.05) is 18.7 Å². The average Bonchev–Trinajstić information content (AvgIpc) is 3.24. The van der Waals surface area contributed by atoms with E-state index in [4.69, 9.17) is 17.0 Å². The van der Waals surface area contributed by atoms with Crippen LogP contribution in [-0.2, 0) is 4.79 Å². The second-order valence-corrected chi connectivity index (χ2v) is 8.87. The molecule has 1 amide bonds. The van der Waals surface area contributed by atoms with Gasteiger partial charge in [0.05, 0.1) is 31.2 Å². The maximum absolute atomic E-state index is 13.8. The fourth-order valence-electron chi connectivity index (χ4n) is 4.89. The molecule has 3 N–H and O–H groups in total. The number of hydrogen-bond donors (Lipinski definition) is 2. The summed E-state index contributed by atoms with van der Waals surface area (Å²) in [6.07, 6.45) is -1.66. The van der Waals surface area contributed by atoms with E-state index in [0.29, 0.717) is 30.1 Å². The number of ether oxygens (including phenoxy) is 1. The van der Waals surface area contributed by atoms with Gasteiger partial charge in [0.15, 0.2) is 11.3 Å². The van der Waals surface area contributed by atoms with Gasteiger partial charge in [-0.3, -0.25) is 9.69 Å². The summed E-state index contributed by atoms with van der Waals surface area (Å²) < 4.78 is 34.8. The molecule has 1 aromatic carbocycles. The zero-order chi connectivity index (χ0) is 26.3.